The SMILES string of the molecule is COc1ccc(/C=C2/CCC/C(=C/c3ccc([N+](=O)[O-])cc3)C2O)cc1. The maximum atomic E-state index is 10.7. The van der Waals surface area contributed by atoms with Crippen LogP contribution in [0.15, 0.2) is 59.7 Å². The number of methoxy groups -OCH3 is 1. The lowest BCUT2D eigenvalue weighted by Crippen LogP contribution is -2.18. The maximum Gasteiger partial charge on any atom is 0.269 e. The van der Waals surface area contributed by atoms with Crippen molar-refractivity contribution in [3.8, 4) is 5.75 Å². The second-order valence-electron chi connectivity index (χ2n) is 6.32. The molecule has 1 aliphatic carbocycles. The number of benzene rings is 2. The third kappa shape index (κ3) is 4.18. The molecule has 2 aromatic rings. The van der Waals surface area contributed by atoms with Crippen molar-refractivity contribution in [3.63, 3.8) is 0 Å². The Balaban J connectivity index is 1.80. The third-order valence-electron chi connectivity index (χ3n) is 4.56. The Hall–Kier alpha value is -2.92. The molecule has 1 aliphatic rings. The Bertz CT molecular complexity index is 835. The number of nitro groups is 1. The molecule has 0 aromatic heterocycles. The van der Waals surface area contributed by atoms with Crippen LogP contribution in [-0.2, 0) is 0 Å². The highest BCUT2D eigenvalue weighted by Crippen LogP contribution is 2.31. The number of aliphatic hydroxyl groups excluding tert-OH is 1. The fourth-order valence-corrected chi connectivity index (χ4v) is 3.13. The van der Waals surface area contributed by atoms with E-state index in [1.165, 1.54) is 12.1 Å². The summed E-state index contributed by atoms with van der Waals surface area (Å²) in [5.41, 5.74) is 3.86. The second-order valence-corrected chi connectivity index (χ2v) is 6.32. The Kier molecular flexibility index (Phi) is 5.49. The Morgan fingerprint density at radius 3 is 1.96 bits per heavy atom. The Labute approximate surface area is 152 Å². The summed E-state index contributed by atoms with van der Waals surface area (Å²) in [6, 6.07) is 14.1. The van der Waals surface area contributed by atoms with E-state index in [-0.39, 0.29) is 5.69 Å². The molecule has 1 unspecified atom stereocenters. The molecule has 0 amide bonds. The molecular formula is C21H21NO4. The number of nitro benzene ring substituents is 1. The van der Waals surface area contributed by atoms with E-state index in [1.54, 1.807) is 19.2 Å². The van der Waals surface area contributed by atoms with Crippen LogP contribution in [0.25, 0.3) is 12.2 Å². The van der Waals surface area contributed by atoms with Crippen LogP contribution < -0.4 is 4.74 Å². The zero-order valence-corrected chi connectivity index (χ0v) is 14.6. The van der Waals surface area contributed by atoms with Crippen LogP contribution in [0.3, 0.4) is 0 Å². The van der Waals surface area contributed by atoms with Crippen molar-refractivity contribution in [2.24, 2.45) is 0 Å². The van der Waals surface area contributed by atoms with E-state index in [2.05, 4.69) is 0 Å². The number of hydrogen-bond donors (Lipinski definition) is 1. The van der Waals surface area contributed by atoms with Crippen LogP contribution in [0.1, 0.15) is 30.4 Å². The fraction of sp³-hybridized carbons (Fsp3) is 0.238. The predicted octanol–water partition coefficient (Wildman–Crippen LogP) is 4.62. The minimum atomic E-state index is -0.624. The van der Waals surface area contributed by atoms with Gasteiger partial charge in [0.15, 0.2) is 0 Å². The van der Waals surface area contributed by atoms with Gasteiger partial charge in [-0.25, -0.2) is 0 Å². The van der Waals surface area contributed by atoms with Gasteiger partial charge in [0, 0.05) is 12.1 Å². The zero-order valence-electron chi connectivity index (χ0n) is 14.6. The summed E-state index contributed by atoms with van der Waals surface area (Å²) in [6.45, 7) is 0. The zero-order chi connectivity index (χ0) is 18.5. The molecular weight excluding hydrogens is 330 g/mol. The molecule has 5 nitrogen and oxygen atoms in total. The number of rotatable bonds is 4. The lowest BCUT2D eigenvalue weighted by molar-refractivity contribution is -0.384. The first-order valence-electron chi connectivity index (χ1n) is 8.54. The van der Waals surface area contributed by atoms with Crippen molar-refractivity contribution in [2.75, 3.05) is 7.11 Å². The van der Waals surface area contributed by atoms with Gasteiger partial charge in [0.1, 0.15) is 5.75 Å². The van der Waals surface area contributed by atoms with Crippen LogP contribution >= 0.6 is 0 Å². The normalized spacial score (nSPS) is 20.3. The number of ether oxygens (including phenoxy) is 1. The lowest BCUT2D eigenvalue weighted by Gasteiger charge is -2.24. The molecule has 0 radical (unpaired) electrons. The van der Waals surface area contributed by atoms with Crippen molar-refractivity contribution in [2.45, 2.75) is 25.4 Å². The average molecular weight is 351 g/mol. The quantitative estimate of drug-likeness (QED) is 0.644. The van der Waals surface area contributed by atoms with Crippen molar-refractivity contribution < 1.29 is 14.8 Å². The topological polar surface area (TPSA) is 72.6 Å². The molecule has 1 fully saturated rings. The average Bonchev–Trinajstić information content (AvgIpc) is 2.66. The highest BCUT2D eigenvalue weighted by atomic mass is 16.6. The molecule has 134 valence electrons. The number of non-ortho nitro benzene ring substituents is 1. The first-order chi connectivity index (χ1) is 12.6. The van der Waals surface area contributed by atoms with Crippen molar-refractivity contribution in [1.82, 2.24) is 0 Å². The molecule has 1 saturated carbocycles. The van der Waals surface area contributed by atoms with Gasteiger partial charge in [0.25, 0.3) is 5.69 Å². The third-order valence-corrected chi connectivity index (χ3v) is 4.56. The van der Waals surface area contributed by atoms with Crippen molar-refractivity contribution in [3.05, 3.63) is 80.9 Å². The summed E-state index contributed by atoms with van der Waals surface area (Å²) in [4.78, 5) is 10.3. The molecule has 2 aromatic carbocycles. The summed E-state index contributed by atoms with van der Waals surface area (Å²) in [5, 5.41) is 21.5. The molecule has 0 bridgehead atoms. The van der Waals surface area contributed by atoms with Gasteiger partial charge >= 0.3 is 0 Å². The smallest absolute Gasteiger partial charge is 0.269 e. The number of nitrogens with zero attached hydrogens (tertiary/aromatic N) is 1. The number of aliphatic hydroxyl groups is 1. The van der Waals surface area contributed by atoms with E-state index in [0.717, 1.165) is 47.3 Å². The van der Waals surface area contributed by atoms with Gasteiger partial charge in [0.05, 0.1) is 18.1 Å². The van der Waals surface area contributed by atoms with E-state index in [9.17, 15) is 15.2 Å². The molecule has 0 spiro atoms. The van der Waals surface area contributed by atoms with Gasteiger partial charge in [-0.15, -0.1) is 0 Å². The molecule has 5 heteroatoms. The lowest BCUT2D eigenvalue weighted by atomic mass is 9.85. The predicted molar refractivity (Wildman–Crippen MR) is 102 cm³/mol. The highest BCUT2D eigenvalue weighted by Gasteiger charge is 2.21. The van der Waals surface area contributed by atoms with Crippen LogP contribution in [0.2, 0.25) is 0 Å². The molecule has 1 atom stereocenters. The van der Waals surface area contributed by atoms with Crippen LogP contribution in [0.4, 0.5) is 5.69 Å². The molecule has 3 rings (SSSR count). The fourth-order valence-electron chi connectivity index (χ4n) is 3.13. The van der Waals surface area contributed by atoms with Gasteiger partial charge in [-0.1, -0.05) is 24.3 Å². The van der Waals surface area contributed by atoms with Crippen LogP contribution in [-0.4, -0.2) is 23.2 Å². The summed E-state index contributed by atoms with van der Waals surface area (Å²) in [7, 11) is 1.63. The van der Waals surface area contributed by atoms with Crippen LogP contribution in [0, 0.1) is 10.1 Å². The standard InChI is InChI=1S/C21H21NO4/c1-26-20-11-7-16(8-12-20)14-18-4-2-3-17(21(18)23)13-15-5-9-19(10-6-15)22(24)25/h5-14,21,23H,2-4H2,1H3/b17-13-,18-14-. The van der Waals surface area contributed by atoms with Gasteiger partial charge in [0.2, 0.25) is 0 Å². The molecule has 26 heavy (non-hydrogen) atoms. The summed E-state index contributed by atoms with van der Waals surface area (Å²) in [5.74, 6) is 0.801. The Morgan fingerprint density at radius 2 is 1.50 bits per heavy atom. The van der Waals surface area contributed by atoms with E-state index in [1.807, 2.05) is 36.4 Å². The van der Waals surface area contributed by atoms with Gasteiger partial charge < -0.3 is 9.84 Å². The second kappa shape index (κ2) is 7.97. The summed E-state index contributed by atoms with van der Waals surface area (Å²) in [6.07, 6.45) is 5.96. The van der Waals surface area contributed by atoms with Crippen molar-refractivity contribution >= 4 is 17.8 Å². The van der Waals surface area contributed by atoms with E-state index >= 15 is 0 Å². The van der Waals surface area contributed by atoms with E-state index < -0.39 is 11.0 Å². The first kappa shape index (κ1) is 17.9. The van der Waals surface area contributed by atoms with Gasteiger partial charge in [-0.2, -0.15) is 0 Å². The molecule has 0 aliphatic heterocycles. The van der Waals surface area contributed by atoms with Crippen LogP contribution in [0.5, 0.6) is 5.75 Å². The van der Waals surface area contributed by atoms with Crippen molar-refractivity contribution in [1.29, 1.82) is 0 Å². The van der Waals surface area contributed by atoms with E-state index in [0.29, 0.717) is 0 Å². The maximum absolute atomic E-state index is 10.7. The number of hydrogen-bond acceptors (Lipinski definition) is 4. The van der Waals surface area contributed by atoms with Gasteiger partial charge in [-0.3, -0.25) is 10.1 Å². The molecule has 1 N–H and O–H groups in total. The summed E-state index contributed by atoms with van der Waals surface area (Å²) >= 11 is 0. The Morgan fingerprint density at radius 1 is 1.00 bits per heavy atom. The molecule has 0 heterocycles. The largest absolute Gasteiger partial charge is 0.497 e. The molecule has 0 saturated heterocycles. The highest BCUT2D eigenvalue weighted by molar-refractivity contribution is 5.61. The monoisotopic (exact) mass is 351 g/mol. The minimum Gasteiger partial charge on any atom is -0.497 e. The minimum absolute atomic E-state index is 0.0661. The van der Waals surface area contributed by atoms with Gasteiger partial charge in [-0.05, 0) is 65.8 Å². The summed E-state index contributed by atoms with van der Waals surface area (Å²) < 4.78 is 5.17. The van der Waals surface area contributed by atoms with E-state index in [4.69, 9.17) is 4.74 Å². The first-order valence-corrected chi connectivity index (χ1v) is 8.54.